The minimum atomic E-state index is -0.391. The Labute approximate surface area is 97.4 Å². The van der Waals surface area contributed by atoms with E-state index in [4.69, 9.17) is 4.74 Å². The van der Waals surface area contributed by atoms with Gasteiger partial charge < -0.3 is 4.74 Å². The molecule has 0 aromatic carbocycles. The maximum Gasteiger partial charge on any atom is 0.329 e. The smallest absolute Gasteiger partial charge is 0.329 e. The van der Waals surface area contributed by atoms with Crippen LogP contribution in [0.25, 0.3) is 11.5 Å². The monoisotopic (exact) mass is 233 g/mol. The molecule has 0 aliphatic rings. The number of carbonyl (C=O) groups excluding carboxylic acids is 1. The first kappa shape index (κ1) is 11.2. The number of ether oxygens (including phenoxy) is 1. The molecule has 2 heterocycles. The second kappa shape index (κ2) is 5.15. The van der Waals surface area contributed by atoms with Crippen LogP contribution in [0.2, 0.25) is 0 Å². The molecule has 0 aliphatic heterocycles. The second-order valence-corrected chi connectivity index (χ2v) is 3.16. The molecule has 0 saturated heterocycles. The predicted octanol–water partition coefficient (Wildman–Crippen LogP) is 0.298. The highest BCUT2D eigenvalue weighted by Gasteiger charge is 2.09. The van der Waals surface area contributed by atoms with Crippen molar-refractivity contribution >= 4 is 5.97 Å². The zero-order chi connectivity index (χ0) is 12.1. The van der Waals surface area contributed by atoms with E-state index in [1.54, 1.807) is 25.3 Å². The van der Waals surface area contributed by atoms with Crippen LogP contribution in [-0.2, 0) is 16.1 Å². The number of esters is 1. The van der Waals surface area contributed by atoms with E-state index < -0.39 is 5.97 Å². The van der Waals surface area contributed by atoms with Crippen LogP contribution in [-0.4, -0.2) is 37.8 Å². The lowest BCUT2D eigenvalue weighted by Gasteiger charge is -1.98. The molecular weight excluding hydrogens is 222 g/mol. The molecule has 0 amide bonds. The fraction of sp³-hybridized carbons (Fsp3) is 0.300. The van der Waals surface area contributed by atoms with Crippen LogP contribution >= 0.6 is 0 Å². The summed E-state index contributed by atoms with van der Waals surface area (Å²) in [5, 5.41) is 11.6. The van der Waals surface area contributed by atoms with E-state index in [-0.39, 0.29) is 6.54 Å². The third-order valence-electron chi connectivity index (χ3n) is 1.92. The van der Waals surface area contributed by atoms with Crippen molar-refractivity contribution in [2.24, 2.45) is 0 Å². The summed E-state index contributed by atoms with van der Waals surface area (Å²) < 4.78 is 4.78. The molecule has 0 fully saturated rings. The van der Waals surface area contributed by atoms with Crippen molar-refractivity contribution in [3.05, 3.63) is 24.4 Å². The van der Waals surface area contributed by atoms with Crippen LogP contribution in [0.15, 0.2) is 24.4 Å². The minimum absolute atomic E-state index is 0.0479. The van der Waals surface area contributed by atoms with Gasteiger partial charge in [0.15, 0.2) is 6.54 Å². The molecule has 0 spiro atoms. The van der Waals surface area contributed by atoms with Crippen LogP contribution in [0.1, 0.15) is 6.92 Å². The number of tetrazole rings is 1. The normalized spacial score (nSPS) is 10.2. The zero-order valence-electron chi connectivity index (χ0n) is 9.28. The van der Waals surface area contributed by atoms with Gasteiger partial charge in [0.2, 0.25) is 5.82 Å². The summed E-state index contributed by atoms with van der Waals surface area (Å²) in [5.41, 5.74) is 0.614. The number of carbonyl (C=O) groups is 1. The maximum atomic E-state index is 11.2. The van der Waals surface area contributed by atoms with E-state index in [2.05, 4.69) is 20.4 Å². The van der Waals surface area contributed by atoms with Crippen LogP contribution in [0.4, 0.5) is 0 Å². The Balaban J connectivity index is 2.09. The highest BCUT2D eigenvalue weighted by molar-refractivity contribution is 5.68. The van der Waals surface area contributed by atoms with Gasteiger partial charge in [0.1, 0.15) is 5.69 Å². The molecule has 7 nitrogen and oxygen atoms in total. The fourth-order valence-corrected chi connectivity index (χ4v) is 1.23. The highest BCUT2D eigenvalue weighted by Crippen LogP contribution is 2.07. The quantitative estimate of drug-likeness (QED) is 0.706. The van der Waals surface area contributed by atoms with Gasteiger partial charge in [0, 0.05) is 6.20 Å². The minimum Gasteiger partial charge on any atom is -0.465 e. The summed E-state index contributed by atoms with van der Waals surface area (Å²) in [4.78, 5) is 16.5. The van der Waals surface area contributed by atoms with Gasteiger partial charge in [-0.3, -0.25) is 4.98 Å². The van der Waals surface area contributed by atoms with Gasteiger partial charge in [-0.25, -0.2) is 4.79 Å². The van der Waals surface area contributed by atoms with Crippen molar-refractivity contribution in [1.29, 1.82) is 0 Å². The molecule has 17 heavy (non-hydrogen) atoms. The molecule has 0 saturated carbocycles. The molecule has 0 radical (unpaired) electrons. The number of pyridine rings is 1. The van der Waals surface area contributed by atoms with E-state index >= 15 is 0 Å². The lowest BCUT2D eigenvalue weighted by atomic mass is 10.3. The van der Waals surface area contributed by atoms with Gasteiger partial charge >= 0.3 is 5.97 Å². The molecule has 0 aliphatic carbocycles. The van der Waals surface area contributed by atoms with Crippen molar-refractivity contribution in [3.8, 4) is 11.5 Å². The first-order valence-electron chi connectivity index (χ1n) is 5.14. The van der Waals surface area contributed by atoms with E-state index in [0.29, 0.717) is 18.1 Å². The van der Waals surface area contributed by atoms with Gasteiger partial charge in [-0.2, -0.15) is 4.80 Å². The first-order valence-corrected chi connectivity index (χ1v) is 5.14. The van der Waals surface area contributed by atoms with Crippen molar-refractivity contribution in [2.75, 3.05) is 6.61 Å². The van der Waals surface area contributed by atoms with Crippen LogP contribution in [0.3, 0.4) is 0 Å². The molecule has 88 valence electrons. The van der Waals surface area contributed by atoms with Gasteiger partial charge in [0.05, 0.1) is 6.61 Å². The zero-order valence-corrected chi connectivity index (χ0v) is 9.28. The summed E-state index contributed by atoms with van der Waals surface area (Å²) in [6.07, 6.45) is 1.64. The van der Waals surface area contributed by atoms with Gasteiger partial charge in [-0.05, 0) is 24.3 Å². The molecular formula is C10H11N5O2. The van der Waals surface area contributed by atoms with E-state index in [1.165, 1.54) is 4.80 Å². The Morgan fingerprint density at radius 3 is 3.06 bits per heavy atom. The van der Waals surface area contributed by atoms with Crippen molar-refractivity contribution in [3.63, 3.8) is 0 Å². The SMILES string of the molecule is CCOC(=O)Cn1nnc(-c2ccccn2)n1. The summed E-state index contributed by atoms with van der Waals surface area (Å²) >= 11 is 0. The van der Waals surface area contributed by atoms with Crippen LogP contribution < -0.4 is 0 Å². The predicted molar refractivity (Wildman–Crippen MR) is 57.7 cm³/mol. The van der Waals surface area contributed by atoms with E-state index in [9.17, 15) is 4.79 Å². The lowest BCUT2D eigenvalue weighted by molar-refractivity contribution is -0.144. The standard InChI is InChI=1S/C10H11N5O2/c1-2-17-9(16)7-15-13-10(12-14-15)8-5-3-4-6-11-8/h3-6H,2,7H2,1H3. The average Bonchev–Trinajstić information content (AvgIpc) is 2.79. The molecule has 0 unspecified atom stereocenters. The Kier molecular flexibility index (Phi) is 3.39. The van der Waals surface area contributed by atoms with Crippen molar-refractivity contribution in [1.82, 2.24) is 25.2 Å². The number of rotatable bonds is 4. The maximum absolute atomic E-state index is 11.2. The summed E-state index contributed by atoms with van der Waals surface area (Å²) in [5.74, 6) is -0.00707. The molecule has 2 aromatic heterocycles. The molecule has 0 N–H and O–H groups in total. The van der Waals surface area contributed by atoms with E-state index in [1.807, 2.05) is 6.07 Å². The summed E-state index contributed by atoms with van der Waals surface area (Å²) in [6.45, 7) is 2.03. The largest absolute Gasteiger partial charge is 0.465 e. The lowest BCUT2D eigenvalue weighted by Crippen LogP contribution is -2.15. The number of aromatic nitrogens is 5. The Morgan fingerprint density at radius 1 is 1.47 bits per heavy atom. The Hall–Kier alpha value is -2.31. The Morgan fingerprint density at radius 2 is 2.35 bits per heavy atom. The first-order chi connectivity index (χ1) is 8.29. The third-order valence-corrected chi connectivity index (χ3v) is 1.92. The molecule has 0 bridgehead atoms. The van der Waals surface area contributed by atoms with Crippen LogP contribution in [0, 0.1) is 0 Å². The van der Waals surface area contributed by atoms with E-state index in [0.717, 1.165) is 0 Å². The van der Waals surface area contributed by atoms with Gasteiger partial charge in [0.25, 0.3) is 0 Å². The van der Waals surface area contributed by atoms with Crippen LogP contribution in [0.5, 0.6) is 0 Å². The Bertz CT molecular complexity index is 496. The van der Waals surface area contributed by atoms with Gasteiger partial charge in [-0.1, -0.05) is 6.07 Å². The topological polar surface area (TPSA) is 82.8 Å². The van der Waals surface area contributed by atoms with Crippen molar-refractivity contribution < 1.29 is 9.53 Å². The highest BCUT2D eigenvalue weighted by atomic mass is 16.5. The summed E-state index contributed by atoms with van der Waals surface area (Å²) in [7, 11) is 0. The fourth-order valence-electron chi connectivity index (χ4n) is 1.23. The van der Waals surface area contributed by atoms with Gasteiger partial charge in [-0.15, -0.1) is 10.2 Å². The third kappa shape index (κ3) is 2.83. The molecule has 0 atom stereocenters. The number of nitrogens with zero attached hydrogens (tertiary/aromatic N) is 5. The van der Waals surface area contributed by atoms with Crippen molar-refractivity contribution in [2.45, 2.75) is 13.5 Å². The second-order valence-electron chi connectivity index (χ2n) is 3.16. The number of hydrogen-bond donors (Lipinski definition) is 0. The molecule has 2 aromatic rings. The average molecular weight is 233 g/mol. The number of hydrogen-bond acceptors (Lipinski definition) is 6. The summed E-state index contributed by atoms with van der Waals surface area (Å²) in [6, 6.07) is 5.40. The molecule has 7 heteroatoms. The molecule has 2 rings (SSSR count).